The van der Waals surface area contributed by atoms with Crippen molar-refractivity contribution in [2.24, 2.45) is 11.8 Å². The van der Waals surface area contributed by atoms with Gasteiger partial charge in [0.05, 0.1) is 12.1 Å². The summed E-state index contributed by atoms with van der Waals surface area (Å²) in [5.41, 5.74) is 0.962. The molecule has 29 heavy (non-hydrogen) atoms. The van der Waals surface area contributed by atoms with Crippen LogP contribution in [0.15, 0.2) is 24.3 Å². The number of hydrogen-bond donors (Lipinski definition) is 2. The number of methoxy groups -OCH3 is 1. The highest BCUT2D eigenvalue weighted by atomic mass is 19.3. The zero-order chi connectivity index (χ0) is 21.4. The number of nitrogens with zero attached hydrogens (tertiary/aromatic N) is 1. The van der Waals surface area contributed by atoms with Crippen molar-refractivity contribution in [3.8, 4) is 5.75 Å². The maximum atomic E-state index is 12.4. The van der Waals surface area contributed by atoms with E-state index in [0.29, 0.717) is 18.4 Å². The molecule has 4 atom stereocenters. The van der Waals surface area contributed by atoms with E-state index in [1.165, 1.54) is 6.92 Å². The number of fused-ring (bicyclic) bond motifs is 1. The molecule has 1 aliphatic heterocycles. The van der Waals surface area contributed by atoms with Crippen molar-refractivity contribution in [1.29, 1.82) is 0 Å². The van der Waals surface area contributed by atoms with Crippen LogP contribution in [0.4, 0.5) is 8.78 Å². The minimum absolute atomic E-state index is 0.0267. The monoisotopic (exact) mass is 414 g/mol. The number of ether oxygens (including phenoxy) is 2. The first-order chi connectivity index (χ1) is 13.9. The molecule has 0 unspecified atom stereocenters. The topological polar surface area (TPSA) is 88.1 Å². The van der Waals surface area contributed by atoms with Crippen LogP contribution in [0.1, 0.15) is 25.3 Å². The molecule has 1 saturated heterocycles. The van der Waals surface area contributed by atoms with Crippen molar-refractivity contribution >= 4 is 12.4 Å². The van der Waals surface area contributed by atoms with Crippen LogP contribution in [0, 0.1) is 11.8 Å². The highest BCUT2D eigenvalue weighted by molar-refractivity contribution is 5.73. The Labute approximate surface area is 169 Å². The van der Waals surface area contributed by atoms with Gasteiger partial charge in [0.25, 0.3) is 6.47 Å². The number of carbonyl (C=O) groups excluding carboxylic acids is 1. The Morgan fingerprint density at radius 2 is 2.00 bits per heavy atom. The molecule has 0 spiro atoms. The van der Waals surface area contributed by atoms with E-state index in [1.54, 1.807) is 25.3 Å². The van der Waals surface area contributed by atoms with Crippen LogP contribution in [0.3, 0.4) is 0 Å². The molecule has 1 amide bonds. The summed E-state index contributed by atoms with van der Waals surface area (Å²) in [4.78, 5) is 22.1. The summed E-state index contributed by atoms with van der Waals surface area (Å²) in [5, 5.41) is 9.90. The van der Waals surface area contributed by atoms with E-state index < -0.39 is 6.61 Å². The van der Waals surface area contributed by atoms with Crippen LogP contribution >= 0.6 is 0 Å². The molecule has 2 N–H and O–H groups in total. The molecule has 2 aliphatic rings. The van der Waals surface area contributed by atoms with Crippen molar-refractivity contribution in [3.05, 3.63) is 29.8 Å². The smallest absolute Gasteiger partial charge is 0.387 e. The second kappa shape index (κ2) is 11.1. The number of benzene rings is 1. The summed E-state index contributed by atoms with van der Waals surface area (Å²) in [6, 6.07) is 6.94. The van der Waals surface area contributed by atoms with Crippen molar-refractivity contribution in [3.63, 3.8) is 0 Å². The first kappa shape index (κ1) is 23.0. The molecule has 9 heteroatoms. The predicted octanol–water partition coefficient (Wildman–Crippen LogP) is 2.35. The molecule has 3 rings (SSSR count). The van der Waals surface area contributed by atoms with E-state index in [2.05, 4.69) is 15.0 Å². The number of hydrogen-bond acceptors (Lipinski definition) is 5. The maximum absolute atomic E-state index is 12.4. The van der Waals surface area contributed by atoms with Gasteiger partial charge in [0.1, 0.15) is 5.75 Å². The van der Waals surface area contributed by atoms with Gasteiger partial charge in [-0.3, -0.25) is 14.5 Å². The van der Waals surface area contributed by atoms with Gasteiger partial charge in [-0.25, -0.2) is 0 Å². The zero-order valence-corrected chi connectivity index (χ0v) is 16.6. The maximum Gasteiger partial charge on any atom is 0.387 e. The first-order valence-corrected chi connectivity index (χ1v) is 9.50. The fraction of sp³-hybridized carbons (Fsp3) is 0.600. The summed E-state index contributed by atoms with van der Waals surface area (Å²) in [7, 11) is 1.70. The van der Waals surface area contributed by atoms with Gasteiger partial charge in [-0.15, -0.1) is 0 Å². The lowest BCUT2D eigenvalue weighted by Crippen LogP contribution is -2.49. The second-order valence-electron chi connectivity index (χ2n) is 7.40. The Hall–Kier alpha value is -2.26. The quantitative estimate of drug-likeness (QED) is 0.695. The molecule has 1 saturated carbocycles. The van der Waals surface area contributed by atoms with E-state index in [0.717, 1.165) is 31.5 Å². The lowest BCUT2D eigenvalue weighted by molar-refractivity contribution is -0.123. The largest absolute Gasteiger partial charge is 0.483 e. The molecule has 1 aromatic carbocycles. The molecule has 2 fully saturated rings. The molecule has 0 bridgehead atoms. The molecule has 1 aromatic rings. The van der Waals surface area contributed by atoms with Crippen LogP contribution in [0.25, 0.3) is 0 Å². The van der Waals surface area contributed by atoms with Gasteiger partial charge in [0.15, 0.2) is 0 Å². The van der Waals surface area contributed by atoms with E-state index >= 15 is 0 Å². The van der Waals surface area contributed by atoms with Crippen LogP contribution in [-0.4, -0.2) is 61.3 Å². The average molecular weight is 414 g/mol. The highest BCUT2D eigenvalue weighted by Crippen LogP contribution is 2.38. The number of alkyl halides is 2. The van der Waals surface area contributed by atoms with Gasteiger partial charge >= 0.3 is 6.61 Å². The average Bonchev–Trinajstić information content (AvgIpc) is 3.02. The SMILES string of the molecule is CO[C@@H]1C[C@H]2CN(Cc3cccc(OC(F)F)c3)C[C@H]2C[C@H]1NC(C)=O.O=CO. The van der Waals surface area contributed by atoms with Gasteiger partial charge in [0, 0.05) is 33.7 Å². The van der Waals surface area contributed by atoms with Crippen LogP contribution in [0.5, 0.6) is 5.75 Å². The fourth-order valence-electron chi connectivity index (χ4n) is 4.39. The molecule has 1 heterocycles. The van der Waals surface area contributed by atoms with E-state index in [4.69, 9.17) is 14.6 Å². The van der Waals surface area contributed by atoms with E-state index in [1.807, 2.05) is 6.07 Å². The molecule has 0 radical (unpaired) electrons. The summed E-state index contributed by atoms with van der Waals surface area (Å²) in [5.74, 6) is 1.21. The lowest BCUT2D eigenvalue weighted by Gasteiger charge is -2.37. The number of likely N-dealkylation sites (tertiary alicyclic amines) is 1. The molecule has 1 aliphatic carbocycles. The Morgan fingerprint density at radius 3 is 2.59 bits per heavy atom. The Morgan fingerprint density at radius 1 is 1.34 bits per heavy atom. The molecular formula is C20H28F2N2O5. The van der Waals surface area contributed by atoms with Crippen LogP contribution in [0.2, 0.25) is 0 Å². The third-order valence-electron chi connectivity index (χ3n) is 5.41. The number of nitrogens with one attached hydrogen (secondary N) is 1. The summed E-state index contributed by atoms with van der Waals surface area (Å²) < 4.78 is 34.8. The van der Waals surface area contributed by atoms with Gasteiger partial charge in [-0.1, -0.05) is 12.1 Å². The van der Waals surface area contributed by atoms with Gasteiger partial charge in [-0.2, -0.15) is 8.78 Å². The molecule has 7 nitrogen and oxygen atoms in total. The van der Waals surface area contributed by atoms with Crippen molar-refractivity contribution in [1.82, 2.24) is 10.2 Å². The Bertz CT molecular complexity index is 676. The van der Waals surface area contributed by atoms with Gasteiger partial charge in [-0.05, 0) is 42.4 Å². The zero-order valence-electron chi connectivity index (χ0n) is 16.6. The van der Waals surface area contributed by atoms with Gasteiger partial charge < -0.3 is 19.9 Å². The number of amides is 1. The molecule has 0 aromatic heterocycles. The first-order valence-electron chi connectivity index (χ1n) is 9.50. The van der Waals surface area contributed by atoms with Crippen molar-refractivity contribution < 1.29 is 33.0 Å². The number of rotatable bonds is 6. The van der Waals surface area contributed by atoms with E-state index in [9.17, 15) is 13.6 Å². The van der Waals surface area contributed by atoms with Crippen molar-refractivity contribution in [2.75, 3.05) is 20.2 Å². The van der Waals surface area contributed by atoms with Crippen molar-refractivity contribution in [2.45, 2.75) is 45.1 Å². The van der Waals surface area contributed by atoms with Crippen LogP contribution in [-0.2, 0) is 20.9 Å². The molecule has 162 valence electrons. The lowest BCUT2D eigenvalue weighted by atomic mass is 9.77. The Balaban J connectivity index is 0.000000941. The standard InChI is InChI=1S/C19H26F2N2O3.CH2O2/c1-12(24)22-17-7-14-10-23(11-15(14)8-18(17)25-2)9-13-4-3-5-16(6-13)26-19(20)21;2-1-3/h3-6,14-15,17-19H,7-11H2,1-2H3,(H,22,24);1H,(H,2,3)/t14-,15+,17-,18-;/m1./s1. The number of carbonyl (C=O) groups is 2. The molecular weight excluding hydrogens is 386 g/mol. The van der Waals surface area contributed by atoms with Crippen LogP contribution < -0.4 is 10.1 Å². The summed E-state index contributed by atoms with van der Waals surface area (Å²) in [6.07, 6.45) is 1.88. The number of halogens is 2. The third-order valence-corrected chi connectivity index (χ3v) is 5.41. The summed E-state index contributed by atoms with van der Waals surface area (Å²) >= 11 is 0. The highest BCUT2D eigenvalue weighted by Gasteiger charge is 2.42. The summed E-state index contributed by atoms with van der Waals surface area (Å²) in [6.45, 7) is 1.08. The third kappa shape index (κ3) is 6.93. The van der Waals surface area contributed by atoms with E-state index in [-0.39, 0.29) is 30.3 Å². The second-order valence-corrected chi connectivity index (χ2v) is 7.40. The minimum Gasteiger partial charge on any atom is -0.483 e. The number of carboxylic acid groups (broad SMARTS) is 1. The minimum atomic E-state index is -2.81. The normalized spacial score (nSPS) is 26.2. The Kier molecular flexibility index (Phi) is 8.78. The predicted molar refractivity (Wildman–Crippen MR) is 102 cm³/mol. The fourth-order valence-corrected chi connectivity index (χ4v) is 4.39. The van der Waals surface area contributed by atoms with Gasteiger partial charge in [0.2, 0.25) is 5.91 Å².